The van der Waals surface area contributed by atoms with Crippen LogP contribution in [-0.4, -0.2) is 11.0 Å². The molecule has 2 heteroatoms. The first-order valence-electron chi connectivity index (χ1n) is 4.36. The molecule has 1 nitrogen and oxygen atoms in total. The quantitative estimate of drug-likeness (QED) is 0.718. The zero-order valence-electron chi connectivity index (χ0n) is 7.20. The Balaban J connectivity index is 2.33. The van der Waals surface area contributed by atoms with Crippen LogP contribution in [0.1, 0.15) is 23.7 Å². The first-order valence-corrected chi connectivity index (χ1v) is 4.90. The Morgan fingerprint density at radius 3 is 2.77 bits per heavy atom. The lowest BCUT2D eigenvalue weighted by atomic mass is 10.1. The topological polar surface area (TPSA) is 20.2 Å². The van der Waals surface area contributed by atoms with E-state index in [-0.39, 0.29) is 0 Å². The number of hydrogen-bond acceptors (Lipinski definition) is 1. The zero-order valence-corrected chi connectivity index (χ0v) is 7.96. The van der Waals surface area contributed by atoms with Crippen LogP contribution in [0.2, 0.25) is 0 Å². The molecule has 0 aromatic heterocycles. The number of alkyl halides is 1. The lowest BCUT2D eigenvalue weighted by Crippen LogP contribution is -1.97. The predicted molar refractivity (Wildman–Crippen MR) is 54.7 cm³/mol. The van der Waals surface area contributed by atoms with Gasteiger partial charge in [0.1, 0.15) is 6.10 Å². The molecule has 0 saturated carbocycles. The van der Waals surface area contributed by atoms with Crippen molar-refractivity contribution >= 4 is 17.7 Å². The van der Waals surface area contributed by atoms with Crippen molar-refractivity contribution in [2.45, 2.75) is 12.5 Å². The zero-order chi connectivity index (χ0) is 9.26. The maximum atomic E-state index is 9.85. The molecule has 0 saturated heterocycles. The first-order chi connectivity index (χ1) is 6.33. The largest absolute Gasteiger partial charge is 0.384 e. The third-order valence-corrected chi connectivity index (χ3v) is 2.55. The summed E-state index contributed by atoms with van der Waals surface area (Å²) in [7, 11) is 0. The second-order valence-corrected chi connectivity index (χ2v) is 3.57. The highest BCUT2D eigenvalue weighted by atomic mass is 35.5. The van der Waals surface area contributed by atoms with E-state index in [2.05, 4.69) is 0 Å². The van der Waals surface area contributed by atoms with Crippen LogP contribution in [0.3, 0.4) is 0 Å². The fraction of sp³-hybridized carbons (Fsp3) is 0.273. The number of benzene rings is 1. The van der Waals surface area contributed by atoms with Crippen molar-refractivity contribution in [3.63, 3.8) is 0 Å². The van der Waals surface area contributed by atoms with Crippen molar-refractivity contribution in [3.8, 4) is 0 Å². The highest BCUT2D eigenvalue weighted by Crippen LogP contribution is 2.35. The minimum atomic E-state index is -0.435. The summed E-state index contributed by atoms with van der Waals surface area (Å²) in [5, 5.41) is 9.85. The lowest BCUT2D eigenvalue weighted by molar-refractivity contribution is 0.216. The molecular weight excluding hydrogens is 184 g/mol. The predicted octanol–water partition coefficient (Wildman–Crippen LogP) is 2.75. The van der Waals surface area contributed by atoms with Gasteiger partial charge in [0, 0.05) is 5.88 Å². The standard InChI is InChI=1S/C11H11ClO/c12-6-5-9-7-8-3-1-2-4-10(8)11(9)13/h1-4,7,11,13H,5-6H2. The van der Waals surface area contributed by atoms with Crippen molar-refractivity contribution in [1.29, 1.82) is 0 Å². The second kappa shape index (κ2) is 3.52. The molecule has 1 aromatic carbocycles. The van der Waals surface area contributed by atoms with Crippen LogP contribution < -0.4 is 0 Å². The van der Waals surface area contributed by atoms with Gasteiger partial charge in [-0.15, -0.1) is 11.6 Å². The average Bonchev–Trinajstić information content (AvgIpc) is 2.46. The maximum absolute atomic E-state index is 9.85. The molecule has 0 spiro atoms. The second-order valence-electron chi connectivity index (χ2n) is 3.19. The number of aliphatic hydroxyl groups is 1. The van der Waals surface area contributed by atoms with Gasteiger partial charge in [0.25, 0.3) is 0 Å². The summed E-state index contributed by atoms with van der Waals surface area (Å²) in [5.74, 6) is 0.566. The first kappa shape index (κ1) is 8.79. The SMILES string of the molecule is OC1C(CCCl)=Cc2ccccc21. The molecule has 0 fully saturated rings. The fourth-order valence-corrected chi connectivity index (χ4v) is 1.91. The molecule has 13 heavy (non-hydrogen) atoms. The summed E-state index contributed by atoms with van der Waals surface area (Å²) in [5.41, 5.74) is 3.15. The van der Waals surface area contributed by atoms with Gasteiger partial charge in [0.15, 0.2) is 0 Å². The van der Waals surface area contributed by atoms with E-state index in [1.807, 2.05) is 30.3 Å². The van der Waals surface area contributed by atoms with Gasteiger partial charge in [-0.25, -0.2) is 0 Å². The van der Waals surface area contributed by atoms with E-state index in [1.54, 1.807) is 0 Å². The Hall–Kier alpha value is -0.790. The summed E-state index contributed by atoms with van der Waals surface area (Å²) in [6.45, 7) is 0. The molecule has 1 aromatic rings. The Bertz CT molecular complexity index is 344. The number of halogens is 1. The third-order valence-electron chi connectivity index (χ3n) is 2.37. The van der Waals surface area contributed by atoms with Crippen molar-refractivity contribution in [2.24, 2.45) is 0 Å². The molecular formula is C11H11ClO. The molecule has 1 aliphatic carbocycles. The lowest BCUT2D eigenvalue weighted by Gasteiger charge is -2.07. The Labute approximate surface area is 82.7 Å². The van der Waals surface area contributed by atoms with E-state index in [1.165, 1.54) is 0 Å². The minimum Gasteiger partial charge on any atom is -0.384 e. The average molecular weight is 195 g/mol. The van der Waals surface area contributed by atoms with Gasteiger partial charge in [-0.3, -0.25) is 0 Å². The van der Waals surface area contributed by atoms with Crippen LogP contribution in [0.4, 0.5) is 0 Å². The smallest absolute Gasteiger partial charge is 0.101 e. The molecule has 1 unspecified atom stereocenters. The van der Waals surface area contributed by atoms with Crippen LogP contribution in [0.5, 0.6) is 0 Å². The highest BCUT2D eigenvalue weighted by molar-refractivity contribution is 6.18. The van der Waals surface area contributed by atoms with Crippen molar-refractivity contribution in [1.82, 2.24) is 0 Å². The van der Waals surface area contributed by atoms with Crippen LogP contribution in [0.25, 0.3) is 6.08 Å². The third kappa shape index (κ3) is 1.50. The highest BCUT2D eigenvalue weighted by Gasteiger charge is 2.21. The Morgan fingerprint density at radius 2 is 2.08 bits per heavy atom. The minimum absolute atomic E-state index is 0.435. The van der Waals surface area contributed by atoms with Gasteiger partial charge in [0.2, 0.25) is 0 Å². The summed E-state index contributed by atoms with van der Waals surface area (Å²) >= 11 is 5.64. The number of hydrogen-bond donors (Lipinski definition) is 1. The molecule has 68 valence electrons. The Morgan fingerprint density at radius 1 is 1.31 bits per heavy atom. The van der Waals surface area contributed by atoms with Gasteiger partial charge in [-0.1, -0.05) is 30.3 Å². The molecule has 0 bridgehead atoms. The maximum Gasteiger partial charge on any atom is 0.101 e. The van der Waals surface area contributed by atoms with Crippen molar-refractivity contribution in [2.75, 3.05) is 5.88 Å². The normalized spacial score (nSPS) is 19.8. The van der Waals surface area contributed by atoms with Crippen molar-refractivity contribution < 1.29 is 5.11 Å². The van der Waals surface area contributed by atoms with Crippen LogP contribution in [0.15, 0.2) is 29.8 Å². The number of fused-ring (bicyclic) bond motifs is 1. The van der Waals surface area contributed by atoms with Crippen LogP contribution in [0, 0.1) is 0 Å². The van der Waals surface area contributed by atoms with Gasteiger partial charge >= 0.3 is 0 Å². The summed E-state index contributed by atoms with van der Waals surface area (Å²) < 4.78 is 0. The summed E-state index contributed by atoms with van der Waals surface area (Å²) in [6, 6.07) is 7.89. The van der Waals surface area contributed by atoms with E-state index in [0.29, 0.717) is 5.88 Å². The van der Waals surface area contributed by atoms with E-state index >= 15 is 0 Å². The van der Waals surface area contributed by atoms with E-state index in [4.69, 9.17) is 11.6 Å². The van der Waals surface area contributed by atoms with Crippen LogP contribution >= 0.6 is 11.6 Å². The molecule has 2 rings (SSSR count). The fourth-order valence-electron chi connectivity index (χ4n) is 1.69. The monoisotopic (exact) mass is 194 g/mol. The van der Waals surface area contributed by atoms with Gasteiger partial charge in [-0.05, 0) is 23.1 Å². The van der Waals surface area contributed by atoms with E-state index < -0.39 is 6.10 Å². The summed E-state index contributed by atoms with van der Waals surface area (Å²) in [6.07, 6.45) is 2.36. The molecule has 1 atom stereocenters. The summed E-state index contributed by atoms with van der Waals surface area (Å²) in [4.78, 5) is 0. The molecule has 0 aliphatic heterocycles. The molecule has 0 heterocycles. The molecule has 0 amide bonds. The van der Waals surface area contributed by atoms with Gasteiger partial charge < -0.3 is 5.11 Å². The Kier molecular flexibility index (Phi) is 2.38. The number of aliphatic hydroxyl groups excluding tert-OH is 1. The molecule has 1 aliphatic rings. The van der Waals surface area contributed by atoms with E-state index in [0.717, 1.165) is 23.1 Å². The van der Waals surface area contributed by atoms with Crippen LogP contribution in [-0.2, 0) is 0 Å². The molecule has 1 N–H and O–H groups in total. The number of rotatable bonds is 2. The van der Waals surface area contributed by atoms with Gasteiger partial charge in [0.05, 0.1) is 0 Å². The molecule has 0 radical (unpaired) electrons. The van der Waals surface area contributed by atoms with E-state index in [9.17, 15) is 5.11 Å². The van der Waals surface area contributed by atoms with Crippen molar-refractivity contribution in [3.05, 3.63) is 41.0 Å². The van der Waals surface area contributed by atoms with Gasteiger partial charge in [-0.2, -0.15) is 0 Å².